The van der Waals surface area contributed by atoms with E-state index in [0.717, 1.165) is 15.6 Å². The molecule has 1 aromatic rings. The van der Waals surface area contributed by atoms with Gasteiger partial charge in [-0.2, -0.15) is 0 Å². The molecular formula is C10H6BrClO2. The van der Waals surface area contributed by atoms with Crippen LogP contribution in [0.5, 0.6) is 0 Å². The molecule has 0 atom stereocenters. The third-order valence-corrected chi connectivity index (χ3v) is 2.99. The molecule has 0 spiro atoms. The zero-order valence-corrected chi connectivity index (χ0v) is 9.39. The number of fused-ring (bicyclic) bond motifs is 1. The average molecular weight is 274 g/mol. The standard InChI is InChI=1S/C10H6BrClO2/c11-5-3-8-6(9(12)4-5)1-2-7(8)10(13)14/h2-4H,1H2,(H,13,14). The lowest BCUT2D eigenvalue weighted by molar-refractivity contribution is -0.130. The van der Waals surface area contributed by atoms with Crippen molar-refractivity contribution in [3.63, 3.8) is 0 Å². The Morgan fingerprint density at radius 2 is 2.21 bits per heavy atom. The molecule has 1 aliphatic rings. The predicted octanol–water partition coefficient (Wildman–Crippen LogP) is 3.13. The van der Waals surface area contributed by atoms with Crippen molar-refractivity contribution in [3.05, 3.63) is 38.8 Å². The Balaban J connectivity index is 2.61. The minimum atomic E-state index is -0.905. The van der Waals surface area contributed by atoms with Gasteiger partial charge in [0.15, 0.2) is 0 Å². The molecule has 0 aliphatic heterocycles. The molecule has 2 rings (SSSR count). The molecule has 0 unspecified atom stereocenters. The lowest BCUT2D eigenvalue weighted by Gasteiger charge is -2.04. The number of allylic oxidation sites excluding steroid dienone is 1. The molecule has 0 aromatic heterocycles. The highest BCUT2D eigenvalue weighted by Crippen LogP contribution is 2.35. The molecule has 0 heterocycles. The highest BCUT2D eigenvalue weighted by atomic mass is 79.9. The van der Waals surface area contributed by atoms with E-state index in [-0.39, 0.29) is 0 Å². The second kappa shape index (κ2) is 3.41. The van der Waals surface area contributed by atoms with Crippen LogP contribution in [0.4, 0.5) is 0 Å². The summed E-state index contributed by atoms with van der Waals surface area (Å²) in [5, 5.41) is 9.53. The Morgan fingerprint density at radius 1 is 1.50 bits per heavy atom. The molecular weight excluding hydrogens is 267 g/mol. The van der Waals surface area contributed by atoms with Crippen molar-refractivity contribution in [2.24, 2.45) is 0 Å². The van der Waals surface area contributed by atoms with Crippen molar-refractivity contribution < 1.29 is 9.90 Å². The third-order valence-electron chi connectivity index (χ3n) is 2.19. The summed E-state index contributed by atoms with van der Waals surface area (Å²) in [7, 11) is 0. The van der Waals surface area contributed by atoms with Gasteiger partial charge in [0.1, 0.15) is 0 Å². The maximum Gasteiger partial charge on any atom is 0.335 e. The molecule has 2 nitrogen and oxygen atoms in total. The fourth-order valence-corrected chi connectivity index (χ4v) is 2.45. The molecule has 0 fully saturated rings. The van der Waals surface area contributed by atoms with Gasteiger partial charge >= 0.3 is 5.97 Å². The van der Waals surface area contributed by atoms with Gasteiger partial charge in [0.05, 0.1) is 5.57 Å². The molecule has 0 amide bonds. The normalized spacial score (nSPS) is 13.7. The molecule has 1 N–H and O–H groups in total. The molecule has 72 valence electrons. The van der Waals surface area contributed by atoms with Gasteiger partial charge in [-0.15, -0.1) is 0 Å². The smallest absolute Gasteiger partial charge is 0.335 e. The number of hydrogen-bond acceptors (Lipinski definition) is 1. The van der Waals surface area contributed by atoms with Crippen LogP contribution in [0.15, 0.2) is 22.7 Å². The number of aliphatic carboxylic acids is 1. The van der Waals surface area contributed by atoms with Crippen molar-refractivity contribution >= 4 is 39.1 Å². The van der Waals surface area contributed by atoms with Crippen LogP contribution in [0.1, 0.15) is 11.1 Å². The second-order valence-corrected chi connectivity index (χ2v) is 4.36. The summed E-state index contributed by atoms with van der Waals surface area (Å²) in [5.74, 6) is -0.905. The quantitative estimate of drug-likeness (QED) is 0.853. The summed E-state index contributed by atoms with van der Waals surface area (Å²) in [6, 6.07) is 3.56. The van der Waals surface area contributed by atoms with Gasteiger partial charge in [-0.05, 0) is 29.7 Å². The number of rotatable bonds is 1. The van der Waals surface area contributed by atoms with Crippen molar-refractivity contribution in [3.8, 4) is 0 Å². The SMILES string of the molecule is O=C(O)C1=CCc2c(Cl)cc(Br)cc21. The monoisotopic (exact) mass is 272 g/mol. The van der Waals surface area contributed by atoms with Crippen LogP contribution in [0.2, 0.25) is 5.02 Å². The van der Waals surface area contributed by atoms with Gasteiger partial charge in [-0.25, -0.2) is 4.79 Å². The van der Waals surface area contributed by atoms with E-state index < -0.39 is 5.97 Å². The highest BCUT2D eigenvalue weighted by Gasteiger charge is 2.21. The topological polar surface area (TPSA) is 37.3 Å². The van der Waals surface area contributed by atoms with Crippen molar-refractivity contribution in [2.45, 2.75) is 6.42 Å². The first-order valence-corrected chi connectivity index (χ1v) is 5.18. The van der Waals surface area contributed by atoms with Crippen LogP contribution >= 0.6 is 27.5 Å². The Labute approximate surface area is 94.3 Å². The summed E-state index contributed by atoms with van der Waals surface area (Å²) in [6.07, 6.45) is 2.29. The number of carboxylic acid groups (broad SMARTS) is 1. The molecule has 0 saturated carbocycles. The Morgan fingerprint density at radius 3 is 2.86 bits per heavy atom. The fourth-order valence-electron chi connectivity index (χ4n) is 1.57. The molecule has 1 aliphatic carbocycles. The number of benzene rings is 1. The van der Waals surface area contributed by atoms with Crippen LogP contribution in [0.3, 0.4) is 0 Å². The maximum atomic E-state index is 10.9. The van der Waals surface area contributed by atoms with Gasteiger partial charge in [0.2, 0.25) is 0 Å². The van der Waals surface area contributed by atoms with Crippen LogP contribution in [0, 0.1) is 0 Å². The van der Waals surface area contributed by atoms with Crippen molar-refractivity contribution in [2.75, 3.05) is 0 Å². The first kappa shape index (κ1) is 9.74. The fraction of sp³-hybridized carbons (Fsp3) is 0.100. The molecule has 0 saturated heterocycles. The Bertz CT molecular complexity index is 452. The van der Waals surface area contributed by atoms with E-state index in [1.807, 2.05) is 0 Å². The minimum absolute atomic E-state index is 0.336. The predicted molar refractivity (Wildman–Crippen MR) is 58.5 cm³/mol. The lowest BCUT2D eigenvalue weighted by atomic mass is 10.1. The van der Waals surface area contributed by atoms with E-state index in [0.29, 0.717) is 17.0 Å². The summed E-state index contributed by atoms with van der Waals surface area (Å²) in [5.41, 5.74) is 1.95. The summed E-state index contributed by atoms with van der Waals surface area (Å²) < 4.78 is 0.801. The third kappa shape index (κ3) is 1.47. The second-order valence-electron chi connectivity index (χ2n) is 3.04. The van der Waals surface area contributed by atoms with Crippen LogP contribution in [0.25, 0.3) is 5.57 Å². The van der Waals surface area contributed by atoms with E-state index in [2.05, 4.69) is 15.9 Å². The number of hydrogen-bond donors (Lipinski definition) is 1. The van der Waals surface area contributed by atoms with Crippen molar-refractivity contribution in [1.29, 1.82) is 0 Å². The zero-order valence-electron chi connectivity index (χ0n) is 7.05. The minimum Gasteiger partial charge on any atom is -0.478 e. The van der Waals surface area contributed by atoms with E-state index >= 15 is 0 Å². The highest BCUT2D eigenvalue weighted by molar-refractivity contribution is 9.10. The van der Waals surface area contributed by atoms with Crippen molar-refractivity contribution in [1.82, 2.24) is 0 Å². The van der Waals surface area contributed by atoms with E-state index in [1.165, 1.54) is 0 Å². The van der Waals surface area contributed by atoms with Gasteiger partial charge in [0.25, 0.3) is 0 Å². The summed E-state index contributed by atoms with van der Waals surface area (Å²) in [4.78, 5) is 10.9. The Hall–Kier alpha value is -0.800. The van der Waals surface area contributed by atoms with E-state index in [1.54, 1.807) is 18.2 Å². The molecule has 4 heteroatoms. The first-order chi connectivity index (χ1) is 6.59. The lowest BCUT2D eigenvalue weighted by Crippen LogP contribution is -1.97. The molecule has 0 radical (unpaired) electrons. The van der Waals surface area contributed by atoms with Crippen LogP contribution < -0.4 is 0 Å². The van der Waals surface area contributed by atoms with Gasteiger partial charge in [-0.1, -0.05) is 33.6 Å². The average Bonchev–Trinajstić information content (AvgIpc) is 2.47. The van der Waals surface area contributed by atoms with Crippen LogP contribution in [-0.2, 0) is 11.2 Å². The number of carboxylic acids is 1. The largest absolute Gasteiger partial charge is 0.478 e. The maximum absolute atomic E-state index is 10.9. The summed E-state index contributed by atoms with van der Waals surface area (Å²) in [6.45, 7) is 0. The Kier molecular flexibility index (Phi) is 2.37. The molecule has 1 aromatic carbocycles. The van der Waals surface area contributed by atoms with Gasteiger partial charge < -0.3 is 5.11 Å². The van der Waals surface area contributed by atoms with Gasteiger partial charge in [-0.3, -0.25) is 0 Å². The van der Waals surface area contributed by atoms with Crippen LogP contribution in [-0.4, -0.2) is 11.1 Å². The van der Waals surface area contributed by atoms with E-state index in [4.69, 9.17) is 16.7 Å². The zero-order chi connectivity index (χ0) is 10.3. The van der Waals surface area contributed by atoms with E-state index in [9.17, 15) is 4.79 Å². The molecule has 14 heavy (non-hydrogen) atoms. The first-order valence-electron chi connectivity index (χ1n) is 4.01. The number of carbonyl (C=O) groups is 1. The molecule has 0 bridgehead atoms. The van der Waals surface area contributed by atoms with Gasteiger partial charge in [0, 0.05) is 9.50 Å². The number of halogens is 2. The summed E-state index contributed by atoms with van der Waals surface area (Å²) >= 11 is 9.28.